The number of pyridine rings is 2. The van der Waals surface area contributed by atoms with Crippen molar-refractivity contribution in [1.29, 1.82) is 0 Å². The van der Waals surface area contributed by atoms with Crippen LogP contribution in [0.1, 0.15) is 10.4 Å². The van der Waals surface area contributed by atoms with Crippen molar-refractivity contribution in [2.24, 2.45) is 0 Å². The number of anilines is 1. The van der Waals surface area contributed by atoms with Crippen LogP contribution in [0.5, 0.6) is 0 Å². The summed E-state index contributed by atoms with van der Waals surface area (Å²) in [7, 11) is 0. The van der Waals surface area contributed by atoms with Gasteiger partial charge in [0.25, 0.3) is 5.91 Å². The lowest BCUT2D eigenvalue weighted by Crippen LogP contribution is -2.59. The highest BCUT2D eigenvalue weighted by atomic mass is 32.2. The van der Waals surface area contributed by atoms with Gasteiger partial charge < -0.3 is 11.1 Å². The molecule has 0 bridgehead atoms. The zero-order valence-electron chi connectivity index (χ0n) is 14.5. The molecule has 1 fully saturated rings. The summed E-state index contributed by atoms with van der Waals surface area (Å²) in [5.74, 6) is -0.585. The highest BCUT2D eigenvalue weighted by Gasteiger charge is 2.32. The van der Waals surface area contributed by atoms with Crippen LogP contribution in [0.15, 0.2) is 42.6 Å². The quantitative estimate of drug-likeness (QED) is 0.571. The van der Waals surface area contributed by atoms with Crippen LogP contribution < -0.4 is 11.1 Å². The molecule has 0 aliphatic carbocycles. The van der Waals surface area contributed by atoms with E-state index in [-0.39, 0.29) is 36.7 Å². The highest BCUT2D eigenvalue weighted by molar-refractivity contribution is 7.76. The van der Waals surface area contributed by atoms with Gasteiger partial charge in [0.05, 0.1) is 17.3 Å². The number of nitrogens with zero attached hydrogens (tertiary/aromatic N) is 3. The van der Waals surface area contributed by atoms with E-state index in [1.807, 2.05) is 0 Å². The summed E-state index contributed by atoms with van der Waals surface area (Å²) < 4.78 is 34.7. The van der Waals surface area contributed by atoms with Crippen molar-refractivity contribution in [2.75, 3.05) is 18.8 Å². The largest absolute Gasteiger partial charge is 0.382 e. The van der Waals surface area contributed by atoms with Crippen molar-refractivity contribution in [3.8, 4) is 11.3 Å². The van der Waals surface area contributed by atoms with Gasteiger partial charge >= 0.3 is 0 Å². The highest BCUT2D eigenvalue weighted by Crippen LogP contribution is 2.26. The van der Waals surface area contributed by atoms with Crippen molar-refractivity contribution in [1.82, 2.24) is 19.6 Å². The van der Waals surface area contributed by atoms with Crippen LogP contribution in [-0.4, -0.2) is 48.1 Å². The van der Waals surface area contributed by atoms with E-state index in [0.717, 1.165) is 0 Å². The summed E-state index contributed by atoms with van der Waals surface area (Å²) in [6, 6.07) is 9.18. The Morgan fingerprint density at radius 1 is 1.32 bits per heavy atom. The van der Waals surface area contributed by atoms with Crippen LogP contribution in [0.3, 0.4) is 0 Å². The van der Waals surface area contributed by atoms with Crippen molar-refractivity contribution >= 4 is 33.9 Å². The van der Waals surface area contributed by atoms with Crippen LogP contribution in [0, 0.1) is 5.82 Å². The molecule has 1 aliphatic rings. The number of halogens is 1. The van der Waals surface area contributed by atoms with Crippen molar-refractivity contribution in [3.63, 3.8) is 0 Å². The molecule has 2 aromatic heterocycles. The Bertz CT molecular complexity index is 1100. The number of amides is 1. The molecule has 1 amide bonds. The lowest BCUT2D eigenvalue weighted by atomic mass is 10.1. The van der Waals surface area contributed by atoms with Crippen LogP contribution in [0.2, 0.25) is 0 Å². The van der Waals surface area contributed by atoms with E-state index in [1.165, 1.54) is 22.6 Å². The molecular formula is C18H16FN5O3S. The van der Waals surface area contributed by atoms with Gasteiger partial charge in [-0.05, 0) is 24.3 Å². The van der Waals surface area contributed by atoms with Gasteiger partial charge in [-0.15, -0.1) is 0 Å². The van der Waals surface area contributed by atoms with Gasteiger partial charge in [-0.1, -0.05) is 12.1 Å². The van der Waals surface area contributed by atoms with E-state index in [0.29, 0.717) is 27.7 Å². The van der Waals surface area contributed by atoms with Gasteiger partial charge in [-0.25, -0.2) is 18.6 Å². The topological polar surface area (TPSA) is 121 Å². The Kier molecular flexibility index (Phi) is 4.75. The second-order valence-electron chi connectivity index (χ2n) is 6.41. The number of hydrogen-bond donors (Lipinski definition) is 3. The van der Waals surface area contributed by atoms with Gasteiger partial charge in [-0.3, -0.25) is 9.35 Å². The van der Waals surface area contributed by atoms with Crippen LogP contribution in [-0.2, 0) is 11.3 Å². The molecule has 1 aromatic carbocycles. The summed E-state index contributed by atoms with van der Waals surface area (Å²) in [5.41, 5.74) is 7.69. The summed E-state index contributed by atoms with van der Waals surface area (Å²) >= 11 is -2.04. The number of benzene rings is 1. The molecule has 4 rings (SSSR count). The van der Waals surface area contributed by atoms with Gasteiger partial charge in [0.15, 0.2) is 0 Å². The average Bonchev–Trinajstić information content (AvgIpc) is 2.64. The average molecular weight is 401 g/mol. The molecule has 1 aliphatic heterocycles. The summed E-state index contributed by atoms with van der Waals surface area (Å²) in [5, 5.41) is 3.32. The van der Waals surface area contributed by atoms with E-state index in [4.69, 9.17) is 10.3 Å². The van der Waals surface area contributed by atoms with Crippen LogP contribution in [0.25, 0.3) is 22.2 Å². The molecule has 1 saturated heterocycles. The monoisotopic (exact) mass is 401 g/mol. The Balaban J connectivity index is 1.64. The number of fused-ring (bicyclic) bond motifs is 1. The van der Waals surface area contributed by atoms with Crippen molar-refractivity contribution in [2.45, 2.75) is 6.04 Å². The third-order valence-corrected chi connectivity index (χ3v) is 5.27. The van der Waals surface area contributed by atoms with E-state index >= 15 is 0 Å². The number of carbonyl (C=O) groups excluding carboxylic acids is 1. The molecule has 4 N–H and O–H groups in total. The van der Waals surface area contributed by atoms with Crippen molar-refractivity contribution in [3.05, 3.63) is 54.0 Å². The first-order valence-electron chi connectivity index (χ1n) is 8.40. The zero-order chi connectivity index (χ0) is 19.8. The van der Waals surface area contributed by atoms with E-state index < -0.39 is 11.3 Å². The number of carbonyl (C=O) groups is 1. The minimum absolute atomic E-state index is 0.162. The second kappa shape index (κ2) is 7.23. The predicted molar refractivity (Wildman–Crippen MR) is 103 cm³/mol. The number of nitrogens with two attached hydrogens (primary N) is 1. The molecule has 0 spiro atoms. The number of nitrogen functional groups attached to an aromatic ring is 1. The molecular weight excluding hydrogens is 385 g/mol. The molecule has 3 aromatic rings. The first kappa shape index (κ1) is 18.4. The van der Waals surface area contributed by atoms with Crippen LogP contribution >= 0.6 is 0 Å². The summed E-state index contributed by atoms with van der Waals surface area (Å²) in [6.45, 7) is 0.578. The fourth-order valence-corrected chi connectivity index (χ4v) is 3.66. The maximum absolute atomic E-state index is 13.5. The van der Waals surface area contributed by atoms with Gasteiger partial charge in [0, 0.05) is 30.2 Å². The Hall–Kier alpha value is -2.95. The molecule has 144 valence electrons. The Morgan fingerprint density at radius 3 is 2.82 bits per heavy atom. The van der Waals surface area contributed by atoms with E-state index in [9.17, 15) is 13.4 Å². The molecule has 1 atom stereocenters. The third kappa shape index (κ3) is 3.44. The molecule has 1 unspecified atom stereocenters. The SMILES string of the molecule is Nc1ncc(C(=O)NC2CN(S(=O)O)C2)c2ccc(-c3cccc(F)c3)nc12. The lowest BCUT2D eigenvalue weighted by molar-refractivity contribution is 0.0896. The maximum atomic E-state index is 13.5. The normalized spacial score (nSPS) is 15.9. The predicted octanol–water partition coefficient (Wildman–Crippen LogP) is 1.57. The molecule has 10 heteroatoms. The smallest absolute Gasteiger partial charge is 0.253 e. The van der Waals surface area contributed by atoms with Gasteiger partial charge in [0.1, 0.15) is 17.2 Å². The van der Waals surface area contributed by atoms with E-state index in [2.05, 4.69) is 15.3 Å². The number of hydrogen-bond acceptors (Lipinski definition) is 5. The lowest BCUT2D eigenvalue weighted by Gasteiger charge is -2.36. The third-order valence-electron chi connectivity index (χ3n) is 4.53. The fraction of sp³-hybridized carbons (Fsp3) is 0.167. The van der Waals surface area contributed by atoms with E-state index in [1.54, 1.807) is 24.3 Å². The maximum Gasteiger partial charge on any atom is 0.253 e. The molecule has 0 radical (unpaired) electrons. The fourth-order valence-electron chi connectivity index (χ4n) is 3.05. The first-order chi connectivity index (χ1) is 13.4. The number of aromatic nitrogens is 2. The second-order valence-corrected chi connectivity index (χ2v) is 7.39. The number of nitrogens with one attached hydrogen (secondary N) is 1. The minimum atomic E-state index is -2.04. The van der Waals surface area contributed by atoms with Crippen LogP contribution in [0.4, 0.5) is 10.2 Å². The molecule has 8 nitrogen and oxygen atoms in total. The van der Waals surface area contributed by atoms with Gasteiger partial charge in [-0.2, -0.15) is 4.31 Å². The minimum Gasteiger partial charge on any atom is -0.382 e. The van der Waals surface area contributed by atoms with Crippen molar-refractivity contribution < 1.29 is 17.9 Å². The Labute approximate surface area is 162 Å². The standard InChI is InChI=1S/C18H16FN5O3S/c19-11-3-1-2-10(6-11)15-5-4-13-14(7-21-17(20)16(13)23-15)18(25)22-12-8-24(9-12)28(26)27/h1-7,12H,8-9H2,(H2,20,21)(H,22,25)(H,26,27). The zero-order valence-corrected chi connectivity index (χ0v) is 15.3. The summed E-state index contributed by atoms with van der Waals surface area (Å²) in [4.78, 5) is 21.1. The molecule has 0 saturated carbocycles. The molecule has 28 heavy (non-hydrogen) atoms. The number of rotatable bonds is 4. The first-order valence-corrected chi connectivity index (χ1v) is 9.46. The molecule has 3 heterocycles. The Morgan fingerprint density at radius 2 is 2.11 bits per heavy atom. The summed E-state index contributed by atoms with van der Waals surface area (Å²) in [6.07, 6.45) is 1.37. The van der Waals surface area contributed by atoms with Gasteiger partial charge in [0.2, 0.25) is 11.3 Å².